The molecule has 42 valence electrons. The molecule has 0 aliphatic heterocycles. The topological polar surface area (TPSA) is 36.7 Å². The van der Waals surface area contributed by atoms with Crippen LogP contribution in [-0.2, 0) is 0 Å². The molecule has 0 bridgehead atoms. The van der Waals surface area contributed by atoms with Crippen molar-refractivity contribution in [3.05, 3.63) is 29.6 Å². The highest BCUT2D eigenvalue weighted by atomic mass is 14.7. The van der Waals surface area contributed by atoms with Gasteiger partial charge in [0.15, 0.2) is 0 Å². The van der Waals surface area contributed by atoms with Gasteiger partial charge in [-0.2, -0.15) is 5.26 Å². The van der Waals surface area contributed by atoms with Gasteiger partial charge >= 0.3 is 0 Å². The second-order valence-electron chi connectivity index (χ2n) is 2.04. The lowest BCUT2D eigenvalue weighted by molar-refractivity contribution is 1.21. The van der Waals surface area contributed by atoms with E-state index in [1.165, 1.54) is 0 Å². The summed E-state index contributed by atoms with van der Waals surface area (Å²) in [4.78, 5) is 4.00. The maximum atomic E-state index is 8.44. The molecular weight excluding hydrogens is 112 g/mol. The lowest BCUT2D eigenvalue weighted by Crippen LogP contribution is -1.63. The van der Waals surface area contributed by atoms with Gasteiger partial charge in [0, 0.05) is 6.20 Å². The van der Waals surface area contributed by atoms with E-state index >= 15 is 0 Å². The largest absolute Gasteiger partial charge is 0.259 e. The van der Waals surface area contributed by atoms with Crippen molar-refractivity contribution in [1.29, 1.82) is 5.26 Å². The molecule has 2 rings (SSSR count). The summed E-state index contributed by atoms with van der Waals surface area (Å²) in [6, 6.07) is 5.94. The van der Waals surface area contributed by atoms with Crippen molar-refractivity contribution >= 4 is 0 Å². The number of aromatic nitrogens is 1. The Kier molecular flexibility index (Phi) is 0.663. The Hall–Kier alpha value is -1.36. The summed E-state index contributed by atoms with van der Waals surface area (Å²) >= 11 is 0. The van der Waals surface area contributed by atoms with Crippen LogP contribution < -0.4 is 0 Å². The molecule has 1 heterocycles. The van der Waals surface area contributed by atoms with Gasteiger partial charge < -0.3 is 0 Å². The molecule has 9 heavy (non-hydrogen) atoms. The first-order valence-electron chi connectivity index (χ1n) is 2.78. The average Bonchev–Trinajstić information content (AvgIpc) is 2.60. The average molecular weight is 116 g/mol. The number of hydrogen-bond acceptors (Lipinski definition) is 2. The molecule has 0 aromatic carbocycles. The van der Waals surface area contributed by atoms with Gasteiger partial charge in [-0.1, -0.05) is 6.07 Å². The van der Waals surface area contributed by atoms with Gasteiger partial charge in [-0.15, -0.1) is 0 Å². The van der Waals surface area contributed by atoms with E-state index in [0.717, 1.165) is 11.3 Å². The first kappa shape index (κ1) is 4.51. The molecule has 1 aliphatic carbocycles. The predicted molar refractivity (Wildman–Crippen MR) is 31.7 cm³/mol. The lowest BCUT2D eigenvalue weighted by Gasteiger charge is -1.68. The fourth-order valence-electron chi connectivity index (χ4n) is 0.958. The molecule has 0 spiro atoms. The summed E-state index contributed by atoms with van der Waals surface area (Å²) in [6.07, 6.45) is 1.72. The molecule has 0 saturated carbocycles. The number of nitrogens with zero attached hydrogens (tertiary/aromatic N) is 2. The molecule has 1 aliphatic rings. The predicted octanol–water partition coefficient (Wildman–Crippen LogP) is 1.05. The van der Waals surface area contributed by atoms with E-state index in [0.29, 0.717) is 0 Å². The van der Waals surface area contributed by atoms with Crippen molar-refractivity contribution < 1.29 is 0 Å². The lowest BCUT2D eigenvalue weighted by atomic mass is 10.4. The van der Waals surface area contributed by atoms with Crippen molar-refractivity contribution in [2.45, 2.75) is 5.92 Å². The van der Waals surface area contributed by atoms with Crippen LogP contribution in [0.15, 0.2) is 18.3 Å². The molecule has 1 atom stereocenters. The van der Waals surface area contributed by atoms with Gasteiger partial charge in [-0.25, -0.2) is 0 Å². The van der Waals surface area contributed by atoms with E-state index in [9.17, 15) is 0 Å². The number of pyridine rings is 1. The summed E-state index contributed by atoms with van der Waals surface area (Å²) in [7, 11) is 0. The highest BCUT2D eigenvalue weighted by Gasteiger charge is 2.33. The molecule has 0 saturated heterocycles. The van der Waals surface area contributed by atoms with Gasteiger partial charge in [0.2, 0.25) is 0 Å². The number of hydrogen-bond donors (Lipinski definition) is 0. The highest BCUT2D eigenvalue weighted by molar-refractivity contribution is 5.52. The normalized spacial score (nSPS) is 20.1. The van der Waals surface area contributed by atoms with Crippen molar-refractivity contribution in [3.63, 3.8) is 0 Å². The van der Waals surface area contributed by atoms with Crippen molar-refractivity contribution in [3.8, 4) is 6.07 Å². The summed E-state index contributed by atoms with van der Waals surface area (Å²) in [6.45, 7) is 0. The molecule has 0 fully saturated rings. The summed E-state index contributed by atoms with van der Waals surface area (Å²) < 4.78 is 0. The van der Waals surface area contributed by atoms with Crippen molar-refractivity contribution in [1.82, 2.24) is 4.98 Å². The number of rotatable bonds is 0. The van der Waals surface area contributed by atoms with Gasteiger partial charge in [-0.05, 0) is 11.6 Å². The highest BCUT2D eigenvalue weighted by Crippen LogP contribution is 2.39. The third-order valence-corrected chi connectivity index (χ3v) is 1.50. The van der Waals surface area contributed by atoms with Crippen LogP contribution in [0.2, 0.25) is 0 Å². The van der Waals surface area contributed by atoms with Crippen LogP contribution in [0.3, 0.4) is 0 Å². The molecule has 0 amide bonds. The van der Waals surface area contributed by atoms with Crippen LogP contribution in [0, 0.1) is 11.3 Å². The van der Waals surface area contributed by atoms with E-state index in [2.05, 4.69) is 11.1 Å². The third-order valence-electron chi connectivity index (χ3n) is 1.50. The van der Waals surface area contributed by atoms with Crippen molar-refractivity contribution in [2.75, 3.05) is 0 Å². The van der Waals surface area contributed by atoms with E-state index in [1.807, 2.05) is 12.1 Å². The fourth-order valence-corrected chi connectivity index (χ4v) is 0.958. The molecule has 1 aromatic rings. The zero-order chi connectivity index (χ0) is 6.27. The van der Waals surface area contributed by atoms with Gasteiger partial charge in [-0.3, -0.25) is 4.98 Å². The SMILES string of the molecule is N#CC1c2cccnc21. The molecule has 2 heteroatoms. The number of fused-ring (bicyclic) bond motifs is 1. The maximum absolute atomic E-state index is 8.44. The van der Waals surface area contributed by atoms with Crippen LogP contribution >= 0.6 is 0 Å². The molecule has 1 unspecified atom stereocenters. The van der Waals surface area contributed by atoms with Crippen LogP contribution in [0.4, 0.5) is 0 Å². The zero-order valence-corrected chi connectivity index (χ0v) is 4.70. The van der Waals surface area contributed by atoms with E-state index < -0.39 is 0 Å². The summed E-state index contributed by atoms with van der Waals surface area (Å²) in [5, 5.41) is 8.44. The van der Waals surface area contributed by atoms with E-state index in [4.69, 9.17) is 5.26 Å². The second-order valence-corrected chi connectivity index (χ2v) is 2.04. The Morgan fingerprint density at radius 2 is 2.56 bits per heavy atom. The number of nitriles is 1. The standard InChI is InChI=1S/C7H4N2/c8-4-6-5-2-1-3-9-7(5)6/h1-3,6H. The fraction of sp³-hybridized carbons (Fsp3) is 0.143. The van der Waals surface area contributed by atoms with Gasteiger partial charge in [0.1, 0.15) is 5.92 Å². The first-order chi connectivity index (χ1) is 4.43. The van der Waals surface area contributed by atoms with Crippen LogP contribution in [0.25, 0.3) is 0 Å². The molecule has 0 radical (unpaired) electrons. The summed E-state index contributed by atoms with van der Waals surface area (Å²) in [5.74, 6) is 0.0139. The van der Waals surface area contributed by atoms with Crippen LogP contribution in [0.1, 0.15) is 17.2 Å². The Labute approximate surface area is 52.8 Å². The second kappa shape index (κ2) is 1.32. The minimum Gasteiger partial charge on any atom is -0.259 e. The van der Waals surface area contributed by atoms with E-state index in [-0.39, 0.29) is 5.92 Å². The Morgan fingerprint density at radius 3 is 3.11 bits per heavy atom. The first-order valence-corrected chi connectivity index (χ1v) is 2.78. The Bertz CT molecular complexity index is 262. The minimum atomic E-state index is 0.0139. The smallest absolute Gasteiger partial charge is 0.115 e. The maximum Gasteiger partial charge on any atom is 0.115 e. The van der Waals surface area contributed by atoms with Crippen molar-refractivity contribution in [2.24, 2.45) is 0 Å². The van der Waals surface area contributed by atoms with Gasteiger partial charge in [0.05, 0.1) is 11.8 Å². The third kappa shape index (κ3) is 0.459. The monoisotopic (exact) mass is 116 g/mol. The van der Waals surface area contributed by atoms with Crippen LogP contribution in [-0.4, -0.2) is 4.98 Å². The minimum absolute atomic E-state index is 0.0139. The molecule has 2 nitrogen and oxygen atoms in total. The van der Waals surface area contributed by atoms with E-state index in [1.54, 1.807) is 6.20 Å². The quantitative estimate of drug-likeness (QED) is 0.508. The summed E-state index contributed by atoms with van der Waals surface area (Å²) in [5.41, 5.74) is 2.06. The van der Waals surface area contributed by atoms with Crippen LogP contribution in [0.5, 0.6) is 0 Å². The van der Waals surface area contributed by atoms with Gasteiger partial charge in [0.25, 0.3) is 0 Å². The zero-order valence-electron chi connectivity index (χ0n) is 4.70. The molecule has 1 aromatic heterocycles. The molecule has 0 N–H and O–H groups in total. The Morgan fingerprint density at radius 1 is 1.67 bits per heavy atom. The molecular formula is C7H4N2. The Balaban J connectivity index is 2.49.